The van der Waals surface area contributed by atoms with E-state index < -0.39 is 18.0 Å². The second-order valence-electron chi connectivity index (χ2n) is 7.40. The molecule has 0 radical (unpaired) electrons. The first kappa shape index (κ1) is 20.2. The summed E-state index contributed by atoms with van der Waals surface area (Å²) in [5.74, 6) is -0.741. The van der Waals surface area contributed by atoms with Crippen molar-refractivity contribution in [3.63, 3.8) is 0 Å². The molecular weight excluding hydrogens is 360 g/mol. The molecule has 0 spiro atoms. The average molecular weight is 388 g/mol. The van der Waals surface area contributed by atoms with Gasteiger partial charge in [0.15, 0.2) is 6.10 Å². The lowest BCUT2D eigenvalue weighted by Crippen LogP contribution is -2.41. The molecule has 2 aliphatic rings. The number of ether oxygens (including phenoxy) is 2. The van der Waals surface area contributed by atoms with Crippen LogP contribution in [0, 0.1) is 5.92 Å². The maximum absolute atomic E-state index is 12.5. The number of esters is 1. The molecule has 7 nitrogen and oxygen atoms in total. The minimum Gasteiger partial charge on any atom is -0.494 e. The van der Waals surface area contributed by atoms with Gasteiger partial charge in [-0.15, -0.1) is 0 Å². The highest BCUT2D eigenvalue weighted by Crippen LogP contribution is 2.28. The highest BCUT2D eigenvalue weighted by Gasteiger charge is 2.37. The summed E-state index contributed by atoms with van der Waals surface area (Å²) in [7, 11) is 0. The molecule has 1 aliphatic carbocycles. The zero-order valence-corrected chi connectivity index (χ0v) is 16.5. The third kappa shape index (κ3) is 4.82. The molecule has 2 amide bonds. The third-order valence-electron chi connectivity index (χ3n) is 5.28. The molecule has 2 fully saturated rings. The highest BCUT2D eigenvalue weighted by atomic mass is 16.5. The van der Waals surface area contributed by atoms with Crippen LogP contribution in [0.5, 0.6) is 5.75 Å². The van der Waals surface area contributed by atoms with Crippen molar-refractivity contribution in [2.24, 2.45) is 5.92 Å². The van der Waals surface area contributed by atoms with Gasteiger partial charge >= 0.3 is 5.97 Å². The SMILES string of the molecule is CCOc1ccc(N2C[C@H](C(=O)O[C@H](C)C(=O)NC3CCCC3)CC2=O)cc1. The van der Waals surface area contributed by atoms with Gasteiger partial charge in [0.25, 0.3) is 5.91 Å². The lowest BCUT2D eigenvalue weighted by atomic mass is 10.1. The Morgan fingerprint density at radius 1 is 1.21 bits per heavy atom. The lowest BCUT2D eigenvalue weighted by Gasteiger charge is -2.19. The van der Waals surface area contributed by atoms with Crippen LogP contribution in [0.1, 0.15) is 46.0 Å². The van der Waals surface area contributed by atoms with Crippen LogP contribution >= 0.6 is 0 Å². The summed E-state index contributed by atoms with van der Waals surface area (Å²) in [6.07, 6.45) is 3.40. The first-order valence-electron chi connectivity index (χ1n) is 10.0. The summed E-state index contributed by atoms with van der Waals surface area (Å²) < 4.78 is 10.7. The summed E-state index contributed by atoms with van der Waals surface area (Å²) in [6.45, 7) is 4.30. The topological polar surface area (TPSA) is 84.9 Å². The highest BCUT2D eigenvalue weighted by molar-refractivity contribution is 5.99. The fourth-order valence-corrected chi connectivity index (χ4v) is 3.72. The second kappa shape index (κ2) is 9.08. The van der Waals surface area contributed by atoms with Crippen molar-refractivity contribution >= 4 is 23.5 Å². The van der Waals surface area contributed by atoms with Gasteiger partial charge in [-0.05, 0) is 51.0 Å². The Balaban J connectivity index is 1.53. The molecule has 7 heteroatoms. The van der Waals surface area contributed by atoms with Crippen molar-refractivity contribution < 1.29 is 23.9 Å². The van der Waals surface area contributed by atoms with E-state index in [2.05, 4.69) is 5.32 Å². The minimum absolute atomic E-state index is 0.0863. The molecule has 1 saturated carbocycles. The monoisotopic (exact) mass is 388 g/mol. The molecule has 0 aromatic heterocycles. The predicted molar refractivity (Wildman–Crippen MR) is 104 cm³/mol. The van der Waals surface area contributed by atoms with Gasteiger partial charge in [-0.1, -0.05) is 12.8 Å². The van der Waals surface area contributed by atoms with Gasteiger partial charge in [0.05, 0.1) is 12.5 Å². The Kier molecular flexibility index (Phi) is 6.54. The van der Waals surface area contributed by atoms with E-state index in [-0.39, 0.29) is 30.8 Å². The molecule has 1 aliphatic heterocycles. The number of nitrogens with one attached hydrogen (secondary N) is 1. The molecule has 1 saturated heterocycles. The average Bonchev–Trinajstić information content (AvgIpc) is 3.32. The van der Waals surface area contributed by atoms with Crippen LogP contribution in [0.4, 0.5) is 5.69 Å². The summed E-state index contributed by atoms with van der Waals surface area (Å²) in [6, 6.07) is 7.38. The molecule has 1 heterocycles. The van der Waals surface area contributed by atoms with E-state index in [9.17, 15) is 14.4 Å². The van der Waals surface area contributed by atoms with E-state index in [1.165, 1.54) is 0 Å². The Bertz CT molecular complexity index is 712. The van der Waals surface area contributed by atoms with E-state index in [1.807, 2.05) is 6.92 Å². The zero-order valence-electron chi connectivity index (χ0n) is 16.5. The summed E-state index contributed by atoms with van der Waals surface area (Å²) in [5, 5.41) is 2.93. The maximum atomic E-state index is 12.5. The van der Waals surface area contributed by atoms with Crippen LogP contribution in [-0.2, 0) is 19.1 Å². The molecule has 1 aromatic rings. The van der Waals surface area contributed by atoms with Crippen molar-refractivity contribution in [1.82, 2.24) is 5.32 Å². The number of amides is 2. The summed E-state index contributed by atoms with van der Waals surface area (Å²) >= 11 is 0. The molecule has 1 N–H and O–H groups in total. The van der Waals surface area contributed by atoms with E-state index in [0.29, 0.717) is 6.61 Å². The smallest absolute Gasteiger partial charge is 0.312 e. The van der Waals surface area contributed by atoms with E-state index in [0.717, 1.165) is 37.1 Å². The zero-order chi connectivity index (χ0) is 20.1. The maximum Gasteiger partial charge on any atom is 0.312 e. The first-order chi connectivity index (χ1) is 13.5. The van der Waals surface area contributed by atoms with Gasteiger partial charge in [0.2, 0.25) is 5.91 Å². The van der Waals surface area contributed by atoms with Crippen molar-refractivity contribution in [2.45, 2.75) is 58.1 Å². The molecule has 3 rings (SSSR count). The molecule has 28 heavy (non-hydrogen) atoms. The quantitative estimate of drug-likeness (QED) is 0.725. The van der Waals surface area contributed by atoms with Crippen molar-refractivity contribution in [3.8, 4) is 5.75 Å². The number of nitrogens with zero attached hydrogens (tertiary/aromatic N) is 1. The number of anilines is 1. The van der Waals surface area contributed by atoms with Crippen LogP contribution in [0.15, 0.2) is 24.3 Å². The normalized spacial score (nSPS) is 20.9. The van der Waals surface area contributed by atoms with E-state index >= 15 is 0 Å². The molecule has 0 unspecified atom stereocenters. The standard InChI is InChI=1S/C21H28N2O5/c1-3-27-18-10-8-17(9-11-18)23-13-15(12-19(23)24)21(26)28-14(2)20(25)22-16-6-4-5-7-16/h8-11,14-16H,3-7,12-13H2,1-2H3,(H,22,25)/t14-,15-/m1/s1. The van der Waals surface area contributed by atoms with Crippen molar-refractivity contribution in [3.05, 3.63) is 24.3 Å². The van der Waals surface area contributed by atoms with Crippen LogP contribution in [0.2, 0.25) is 0 Å². The number of benzene rings is 1. The van der Waals surface area contributed by atoms with Crippen LogP contribution < -0.4 is 15.0 Å². The minimum atomic E-state index is -0.859. The van der Waals surface area contributed by atoms with E-state index in [1.54, 1.807) is 36.1 Å². The Morgan fingerprint density at radius 2 is 1.89 bits per heavy atom. The van der Waals surface area contributed by atoms with Crippen molar-refractivity contribution in [1.29, 1.82) is 0 Å². The number of hydrogen-bond acceptors (Lipinski definition) is 5. The largest absolute Gasteiger partial charge is 0.494 e. The van der Waals surface area contributed by atoms with Crippen LogP contribution in [0.25, 0.3) is 0 Å². The number of carbonyl (C=O) groups excluding carboxylic acids is 3. The van der Waals surface area contributed by atoms with Crippen LogP contribution in [0.3, 0.4) is 0 Å². The van der Waals surface area contributed by atoms with Gasteiger partial charge in [0, 0.05) is 24.7 Å². The predicted octanol–water partition coefficient (Wildman–Crippen LogP) is 2.43. The van der Waals surface area contributed by atoms with Gasteiger partial charge in [-0.3, -0.25) is 14.4 Å². The molecule has 152 valence electrons. The third-order valence-corrected chi connectivity index (χ3v) is 5.28. The van der Waals surface area contributed by atoms with Gasteiger partial charge < -0.3 is 19.7 Å². The van der Waals surface area contributed by atoms with Gasteiger partial charge in [-0.25, -0.2) is 0 Å². The molecular formula is C21H28N2O5. The Labute approximate surface area is 165 Å². The number of hydrogen-bond donors (Lipinski definition) is 1. The first-order valence-corrected chi connectivity index (χ1v) is 10.0. The molecule has 0 bridgehead atoms. The van der Waals surface area contributed by atoms with Crippen LogP contribution in [-0.4, -0.2) is 43.1 Å². The lowest BCUT2D eigenvalue weighted by molar-refractivity contribution is -0.158. The second-order valence-corrected chi connectivity index (χ2v) is 7.40. The molecule has 1 aromatic carbocycles. The summed E-state index contributed by atoms with van der Waals surface area (Å²) in [5.41, 5.74) is 0.718. The van der Waals surface area contributed by atoms with Gasteiger partial charge in [-0.2, -0.15) is 0 Å². The Morgan fingerprint density at radius 3 is 2.54 bits per heavy atom. The Hall–Kier alpha value is -2.57. The summed E-state index contributed by atoms with van der Waals surface area (Å²) in [4.78, 5) is 38.6. The van der Waals surface area contributed by atoms with Gasteiger partial charge in [0.1, 0.15) is 5.75 Å². The molecule has 2 atom stereocenters. The number of carbonyl (C=O) groups is 3. The number of rotatable bonds is 7. The van der Waals surface area contributed by atoms with Crippen molar-refractivity contribution in [2.75, 3.05) is 18.1 Å². The fraction of sp³-hybridized carbons (Fsp3) is 0.571. The van der Waals surface area contributed by atoms with E-state index in [4.69, 9.17) is 9.47 Å². The fourth-order valence-electron chi connectivity index (χ4n) is 3.72.